The van der Waals surface area contributed by atoms with E-state index in [-0.39, 0.29) is 17.4 Å². The minimum absolute atomic E-state index is 0.00813. The summed E-state index contributed by atoms with van der Waals surface area (Å²) in [4.78, 5) is 33.7. The molecule has 0 bridgehead atoms. The highest BCUT2D eigenvalue weighted by Crippen LogP contribution is 2.21. The monoisotopic (exact) mass is 340 g/mol. The molecule has 7 heteroatoms. The quantitative estimate of drug-likeness (QED) is 0.860. The van der Waals surface area contributed by atoms with Gasteiger partial charge in [-0.3, -0.25) is 9.78 Å². The number of aromatic nitrogens is 2. The van der Waals surface area contributed by atoms with Crippen LogP contribution in [0.3, 0.4) is 0 Å². The highest BCUT2D eigenvalue weighted by Gasteiger charge is 2.25. The maximum absolute atomic E-state index is 12.3. The van der Waals surface area contributed by atoms with E-state index < -0.39 is 5.97 Å². The summed E-state index contributed by atoms with van der Waals surface area (Å²) in [5.41, 5.74) is 1.13. The fourth-order valence-electron chi connectivity index (χ4n) is 2.92. The van der Waals surface area contributed by atoms with E-state index in [2.05, 4.69) is 20.2 Å². The molecule has 0 unspecified atom stereocenters. The zero-order chi connectivity index (χ0) is 17.6. The number of carbonyl (C=O) groups excluding carboxylic acids is 1. The Morgan fingerprint density at radius 3 is 2.48 bits per heavy atom. The number of aromatic carboxylic acids is 1. The van der Waals surface area contributed by atoms with Gasteiger partial charge in [0.05, 0.1) is 11.8 Å². The third-order valence-electron chi connectivity index (χ3n) is 4.41. The number of rotatable bonds is 5. The van der Waals surface area contributed by atoms with Crippen LogP contribution in [-0.2, 0) is 11.3 Å². The van der Waals surface area contributed by atoms with Gasteiger partial charge in [0, 0.05) is 37.9 Å². The Bertz CT molecular complexity index is 726. The first-order valence-electron chi connectivity index (χ1n) is 8.24. The topological polar surface area (TPSA) is 95.4 Å². The van der Waals surface area contributed by atoms with E-state index in [4.69, 9.17) is 5.11 Å². The summed E-state index contributed by atoms with van der Waals surface area (Å²) in [5, 5.41) is 11.8. The number of carboxylic acid groups (broad SMARTS) is 1. The second-order valence-electron chi connectivity index (χ2n) is 6.04. The van der Waals surface area contributed by atoms with Crippen molar-refractivity contribution in [3.63, 3.8) is 0 Å². The number of hydrogen-bond donors (Lipinski definition) is 2. The molecule has 1 aliphatic rings. The summed E-state index contributed by atoms with van der Waals surface area (Å²) in [6.45, 7) is 1.97. The molecule has 0 atom stereocenters. The number of piperidine rings is 1. The first-order valence-corrected chi connectivity index (χ1v) is 8.24. The number of amides is 1. The molecule has 0 saturated carbocycles. The van der Waals surface area contributed by atoms with Crippen molar-refractivity contribution in [1.82, 2.24) is 15.3 Å². The van der Waals surface area contributed by atoms with Crippen molar-refractivity contribution in [2.75, 3.05) is 18.0 Å². The van der Waals surface area contributed by atoms with Crippen LogP contribution in [0, 0.1) is 5.92 Å². The summed E-state index contributed by atoms with van der Waals surface area (Å²) in [5.74, 6) is -0.0716. The fourth-order valence-corrected chi connectivity index (χ4v) is 2.92. The standard InChI is InChI=1S/C18H20N4O3/c23-17(21-11-13-1-3-15(4-2-13)18(24)25)14-5-9-22(10-6-14)16-12-19-7-8-20-16/h1-4,7-8,12,14H,5-6,9-11H2,(H,21,23)(H,24,25). The molecule has 1 amide bonds. The average Bonchev–Trinajstić information content (AvgIpc) is 2.67. The Morgan fingerprint density at radius 1 is 1.16 bits per heavy atom. The van der Waals surface area contributed by atoms with Gasteiger partial charge in [0.15, 0.2) is 0 Å². The maximum atomic E-state index is 12.3. The molecule has 1 saturated heterocycles. The first-order chi connectivity index (χ1) is 12.1. The number of anilines is 1. The lowest BCUT2D eigenvalue weighted by Gasteiger charge is -2.31. The van der Waals surface area contributed by atoms with Gasteiger partial charge in [-0.1, -0.05) is 12.1 Å². The van der Waals surface area contributed by atoms with Crippen molar-refractivity contribution in [3.8, 4) is 0 Å². The van der Waals surface area contributed by atoms with Crippen LogP contribution in [0.4, 0.5) is 5.82 Å². The predicted molar refractivity (Wildman–Crippen MR) is 92.2 cm³/mol. The molecule has 1 aromatic carbocycles. The summed E-state index contributed by atoms with van der Waals surface area (Å²) >= 11 is 0. The Labute approximate surface area is 145 Å². The van der Waals surface area contributed by atoms with Crippen LogP contribution in [0.1, 0.15) is 28.8 Å². The third-order valence-corrected chi connectivity index (χ3v) is 4.41. The van der Waals surface area contributed by atoms with Crippen LogP contribution in [0.5, 0.6) is 0 Å². The summed E-state index contributed by atoms with van der Waals surface area (Å²) < 4.78 is 0. The van der Waals surface area contributed by atoms with Gasteiger partial charge in [-0.15, -0.1) is 0 Å². The fraction of sp³-hybridized carbons (Fsp3) is 0.333. The molecule has 1 aliphatic heterocycles. The van der Waals surface area contributed by atoms with Crippen molar-refractivity contribution in [1.29, 1.82) is 0 Å². The van der Waals surface area contributed by atoms with Gasteiger partial charge in [0.2, 0.25) is 5.91 Å². The second kappa shape index (κ2) is 7.74. The van der Waals surface area contributed by atoms with Crippen LogP contribution in [0.2, 0.25) is 0 Å². The normalized spacial score (nSPS) is 15.0. The summed E-state index contributed by atoms with van der Waals surface area (Å²) in [7, 11) is 0. The van der Waals surface area contributed by atoms with Gasteiger partial charge in [-0.05, 0) is 30.5 Å². The molecule has 2 heterocycles. The van der Waals surface area contributed by atoms with Gasteiger partial charge < -0.3 is 15.3 Å². The van der Waals surface area contributed by atoms with Crippen molar-refractivity contribution in [2.45, 2.75) is 19.4 Å². The number of carbonyl (C=O) groups is 2. The van der Waals surface area contributed by atoms with E-state index in [1.807, 2.05) is 0 Å². The number of nitrogens with zero attached hydrogens (tertiary/aromatic N) is 3. The summed E-state index contributed by atoms with van der Waals surface area (Å²) in [6, 6.07) is 6.53. The molecule has 1 fully saturated rings. The van der Waals surface area contributed by atoms with Crippen molar-refractivity contribution in [3.05, 3.63) is 54.0 Å². The molecule has 0 aliphatic carbocycles. The van der Waals surface area contributed by atoms with Gasteiger partial charge in [-0.2, -0.15) is 0 Å². The Balaban J connectivity index is 1.47. The Hall–Kier alpha value is -2.96. The molecule has 3 rings (SSSR count). The molecule has 25 heavy (non-hydrogen) atoms. The van der Waals surface area contributed by atoms with Gasteiger partial charge in [0.1, 0.15) is 5.82 Å². The maximum Gasteiger partial charge on any atom is 0.335 e. The van der Waals surface area contributed by atoms with Crippen molar-refractivity contribution >= 4 is 17.7 Å². The van der Waals surface area contributed by atoms with Gasteiger partial charge >= 0.3 is 5.97 Å². The third kappa shape index (κ3) is 4.32. The van der Waals surface area contributed by atoms with Gasteiger partial charge in [0.25, 0.3) is 0 Å². The number of hydrogen-bond acceptors (Lipinski definition) is 5. The van der Waals surface area contributed by atoms with E-state index in [0.29, 0.717) is 6.54 Å². The lowest BCUT2D eigenvalue weighted by Crippen LogP contribution is -2.40. The van der Waals surface area contributed by atoms with Crippen molar-refractivity contribution < 1.29 is 14.7 Å². The van der Waals surface area contributed by atoms with Crippen LogP contribution in [-0.4, -0.2) is 40.0 Å². The number of benzene rings is 1. The lowest BCUT2D eigenvalue weighted by atomic mass is 9.96. The van der Waals surface area contributed by atoms with E-state index in [0.717, 1.165) is 37.3 Å². The minimum Gasteiger partial charge on any atom is -0.478 e. The molecule has 2 N–H and O–H groups in total. The Kier molecular flexibility index (Phi) is 5.23. The Morgan fingerprint density at radius 2 is 1.88 bits per heavy atom. The van der Waals surface area contributed by atoms with E-state index in [1.54, 1.807) is 42.9 Å². The predicted octanol–water partition coefficient (Wildman–Crippen LogP) is 1.71. The molecular formula is C18H20N4O3. The van der Waals surface area contributed by atoms with E-state index in [1.165, 1.54) is 0 Å². The van der Waals surface area contributed by atoms with Crippen LogP contribution < -0.4 is 10.2 Å². The second-order valence-corrected chi connectivity index (χ2v) is 6.04. The zero-order valence-electron chi connectivity index (χ0n) is 13.8. The first kappa shape index (κ1) is 16.9. The largest absolute Gasteiger partial charge is 0.478 e. The van der Waals surface area contributed by atoms with E-state index >= 15 is 0 Å². The van der Waals surface area contributed by atoms with E-state index in [9.17, 15) is 9.59 Å². The number of carboxylic acids is 1. The van der Waals surface area contributed by atoms with Crippen LogP contribution >= 0.6 is 0 Å². The smallest absolute Gasteiger partial charge is 0.335 e. The molecular weight excluding hydrogens is 320 g/mol. The molecule has 7 nitrogen and oxygen atoms in total. The SMILES string of the molecule is O=C(O)c1ccc(CNC(=O)C2CCN(c3cnccn3)CC2)cc1. The van der Waals surface area contributed by atoms with Gasteiger partial charge in [-0.25, -0.2) is 9.78 Å². The molecule has 0 radical (unpaired) electrons. The summed E-state index contributed by atoms with van der Waals surface area (Å²) in [6.07, 6.45) is 6.61. The highest BCUT2D eigenvalue weighted by molar-refractivity contribution is 5.87. The molecule has 0 spiro atoms. The molecule has 130 valence electrons. The molecule has 2 aromatic rings. The zero-order valence-corrected chi connectivity index (χ0v) is 13.8. The van der Waals surface area contributed by atoms with Crippen LogP contribution in [0.15, 0.2) is 42.9 Å². The average molecular weight is 340 g/mol. The van der Waals surface area contributed by atoms with Crippen molar-refractivity contribution in [2.24, 2.45) is 5.92 Å². The molecule has 1 aromatic heterocycles. The number of nitrogens with one attached hydrogen (secondary N) is 1. The van der Waals surface area contributed by atoms with Crippen LogP contribution in [0.25, 0.3) is 0 Å². The highest BCUT2D eigenvalue weighted by atomic mass is 16.4. The lowest BCUT2D eigenvalue weighted by molar-refractivity contribution is -0.125. The minimum atomic E-state index is -0.953.